The number of benzene rings is 1. The molecule has 18 heavy (non-hydrogen) atoms. The number of fused-ring (bicyclic) bond motifs is 1. The summed E-state index contributed by atoms with van der Waals surface area (Å²) in [5.74, 6) is 0. The Morgan fingerprint density at radius 1 is 1.17 bits per heavy atom. The lowest BCUT2D eigenvalue weighted by Gasteiger charge is -2.02. The van der Waals surface area contributed by atoms with Crippen molar-refractivity contribution in [3.63, 3.8) is 0 Å². The van der Waals surface area contributed by atoms with E-state index in [4.69, 9.17) is 4.74 Å². The summed E-state index contributed by atoms with van der Waals surface area (Å²) in [6.07, 6.45) is 3.33. The number of aromatic nitrogens is 2. The van der Waals surface area contributed by atoms with E-state index >= 15 is 0 Å². The molecule has 1 heterocycles. The average Bonchev–Trinajstić information content (AvgIpc) is 2.73. The molecule has 0 spiro atoms. The molecule has 0 unspecified atom stereocenters. The fraction of sp³-hybridized carbons (Fsp3) is 0.533. The maximum absolute atomic E-state index is 5.06. The van der Waals surface area contributed by atoms with Gasteiger partial charge in [-0.2, -0.15) is 5.10 Å². The second-order valence-electron chi connectivity index (χ2n) is 4.04. The van der Waals surface area contributed by atoms with Crippen molar-refractivity contribution >= 4 is 10.9 Å². The number of unbranched alkanes of at least 4 members (excludes halogenated alkanes) is 1. The van der Waals surface area contributed by atoms with E-state index in [2.05, 4.69) is 23.3 Å². The Labute approximate surface area is 110 Å². The van der Waals surface area contributed by atoms with Crippen molar-refractivity contribution in [2.24, 2.45) is 7.05 Å². The van der Waals surface area contributed by atoms with Gasteiger partial charge in [0.1, 0.15) is 0 Å². The van der Waals surface area contributed by atoms with Gasteiger partial charge in [0.2, 0.25) is 0 Å². The van der Waals surface area contributed by atoms with Crippen LogP contribution in [0.4, 0.5) is 0 Å². The standard InChI is InChI=1S/C13H18N2O.C2H6/c1-15-13(9-5-6-10-16-2)11-7-3-4-8-12(11)14-15;1-2/h3-4,7-8H,5-6,9-10H2,1-2H3;1-2H3. The molecule has 0 saturated heterocycles. The van der Waals surface area contributed by atoms with Crippen LogP contribution in [0.25, 0.3) is 10.9 Å². The molecule has 0 aliphatic carbocycles. The van der Waals surface area contributed by atoms with Crippen molar-refractivity contribution in [2.45, 2.75) is 33.1 Å². The molecule has 2 aromatic rings. The van der Waals surface area contributed by atoms with Crippen molar-refractivity contribution in [3.05, 3.63) is 30.0 Å². The summed E-state index contributed by atoms with van der Waals surface area (Å²) in [5, 5.41) is 5.78. The van der Waals surface area contributed by atoms with Crippen LogP contribution in [0, 0.1) is 0 Å². The number of nitrogens with zero attached hydrogens (tertiary/aromatic N) is 2. The van der Waals surface area contributed by atoms with Crippen LogP contribution in [-0.2, 0) is 18.2 Å². The van der Waals surface area contributed by atoms with E-state index in [1.54, 1.807) is 7.11 Å². The lowest BCUT2D eigenvalue weighted by atomic mass is 10.1. The smallest absolute Gasteiger partial charge is 0.0926 e. The monoisotopic (exact) mass is 248 g/mol. The summed E-state index contributed by atoms with van der Waals surface area (Å²) in [5.41, 5.74) is 2.42. The zero-order valence-electron chi connectivity index (χ0n) is 11.9. The van der Waals surface area contributed by atoms with Crippen molar-refractivity contribution in [2.75, 3.05) is 13.7 Å². The lowest BCUT2D eigenvalue weighted by molar-refractivity contribution is 0.193. The van der Waals surface area contributed by atoms with E-state index in [0.29, 0.717) is 0 Å². The van der Waals surface area contributed by atoms with Gasteiger partial charge in [-0.1, -0.05) is 32.0 Å². The van der Waals surface area contributed by atoms with Crippen LogP contribution >= 0.6 is 0 Å². The molecule has 0 fully saturated rings. The Bertz CT molecular complexity index is 462. The third kappa shape index (κ3) is 3.57. The van der Waals surface area contributed by atoms with Crippen LogP contribution in [0.15, 0.2) is 24.3 Å². The Kier molecular flexibility index (Phi) is 6.44. The number of hydrogen-bond acceptors (Lipinski definition) is 2. The van der Waals surface area contributed by atoms with E-state index < -0.39 is 0 Å². The van der Waals surface area contributed by atoms with E-state index in [1.165, 1.54) is 11.1 Å². The average molecular weight is 248 g/mol. The molecule has 0 atom stereocenters. The SMILES string of the molecule is CC.COCCCCc1c2ccccc2nn1C. The second-order valence-corrected chi connectivity index (χ2v) is 4.04. The predicted molar refractivity (Wildman–Crippen MR) is 76.9 cm³/mol. The molecule has 1 aromatic heterocycles. The molecule has 0 saturated carbocycles. The van der Waals surface area contributed by atoms with Gasteiger partial charge < -0.3 is 4.74 Å². The number of hydrogen-bond donors (Lipinski definition) is 0. The molecule has 3 heteroatoms. The molecule has 3 nitrogen and oxygen atoms in total. The first-order valence-electron chi connectivity index (χ1n) is 6.72. The van der Waals surface area contributed by atoms with Gasteiger partial charge in [-0.3, -0.25) is 4.68 Å². The van der Waals surface area contributed by atoms with Gasteiger partial charge in [0, 0.05) is 31.8 Å². The van der Waals surface area contributed by atoms with Crippen molar-refractivity contribution in [1.82, 2.24) is 9.78 Å². The van der Waals surface area contributed by atoms with Crippen LogP contribution in [-0.4, -0.2) is 23.5 Å². The lowest BCUT2D eigenvalue weighted by Crippen LogP contribution is -1.99. The highest BCUT2D eigenvalue weighted by Crippen LogP contribution is 2.18. The molecule has 0 amide bonds. The van der Waals surface area contributed by atoms with Crippen LogP contribution in [0.2, 0.25) is 0 Å². The first-order valence-corrected chi connectivity index (χ1v) is 6.72. The zero-order chi connectivity index (χ0) is 13.4. The zero-order valence-corrected chi connectivity index (χ0v) is 11.9. The van der Waals surface area contributed by atoms with Gasteiger partial charge in [-0.25, -0.2) is 0 Å². The highest BCUT2D eigenvalue weighted by molar-refractivity contribution is 5.81. The predicted octanol–water partition coefficient (Wildman–Crippen LogP) is 3.57. The summed E-state index contributed by atoms with van der Waals surface area (Å²) in [6.45, 7) is 4.84. The van der Waals surface area contributed by atoms with Crippen molar-refractivity contribution < 1.29 is 4.74 Å². The molecule has 0 radical (unpaired) electrons. The van der Waals surface area contributed by atoms with E-state index in [9.17, 15) is 0 Å². The maximum Gasteiger partial charge on any atom is 0.0926 e. The minimum absolute atomic E-state index is 0.843. The van der Waals surface area contributed by atoms with E-state index in [0.717, 1.165) is 31.4 Å². The van der Waals surface area contributed by atoms with Gasteiger partial charge in [-0.15, -0.1) is 0 Å². The van der Waals surface area contributed by atoms with Crippen molar-refractivity contribution in [3.8, 4) is 0 Å². The van der Waals surface area contributed by atoms with Crippen LogP contribution in [0.3, 0.4) is 0 Å². The van der Waals surface area contributed by atoms with E-state index in [1.807, 2.05) is 31.6 Å². The minimum Gasteiger partial charge on any atom is -0.385 e. The molecular formula is C15H24N2O. The minimum atomic E-state index is 0.843. The largest absolute Gasteiger partial charge is 0.385 e. The maximum atomic E-state index is 5.06. The highest BCUT2D eigenvalue weighted by Gasteiger charge is 2.07. The molecule has 0 N–H and O–H groups in total. The van der Waals surface area contributed by atoms with Gasteiger partial charge in [-0.05, 0) is 25.3 Å². The summed E-state index contributed by atoms with van der Waals surface area (Å²) >= 11 is 0. The summed E-state index contributed by atoms with van der Waals surface area (Å²) in [4.78, 5) is 0. The second kappa shape index (κ2) is 7.88. The van der Waals surface area contributed by atoms with Gasteiger partial charge >= 0.3 is 0 Å². The topological polar surface area (TPSA) is 27.1 Å². The van der Waals surface area contributed by atoms with Crippen LogP contribution in [0.5, 0.6) is 0 Å². The van der Waals surface area contributed by atoms with E-state index in [-0.39, 0.29) is 0 Å². The Hall–Kier alpha value is -1.35. The summed E-state index contributed by atoms with van der Waals surface area (Å²) in [6, 6.07) is 8.31. The van der Waals surface area contributed by atoms with Gasteiger partial charge in [0.05, 0.1) is 5.52 Å². The van der Waals surface area contributed by atoms with Crippen LogP contribution < -0.4 is 0 Å². The third-order valence-electron chi connectivity index (χ3n) is 2.88. The summed E-state index contributed by atoms with van der Waals surface area (Å²) < 4.78 is 7.05. The molecular weight excluding hydrogens is 224 g/mol. The first kappa shape index (κ1) is 14.7. The Morgan fingerprint density at radius 2 is 1.89 bits per heavy atom. The summed E-state index contributed by atoms with van der Waals surface area (Å²) in [7, 11) is 3.77. The highest BCUT2D eigenvalue weighted by atomic mass is 16.5. The number of rotatable bonds is 5. The number of aryl methyl sites for hydroxylation is 2. The molecule has 0 bridgehead atoms. The Balaban J connectivity index is 0.000000771. The van der Waals surface area contributed by atoms with Crippen LogP contribution in [0.1, 0.15) is 32.4 Å². The third-order valence-corrected chi connectivity index (χ3v) is 2.88. The molecule has 2 rings (SSSR count). The fourth-order valence-electron chi connectivity index (χ4n) is 2.04. The molecule has 1 aromatic carbocycles. The normalized spacial score (nSPS) is 10.2. The van der Waals surface area contributed by atoms with Gasteiger partial charge in [0.15, 0.2) is 0 Å². The molecule has 0 aliphatic heterocycles. The number of methoxy groups -OCH3 is 1. The number of ether oxygens (including phenoxy) is 1. The molecule has 100 valence electrons. The quantitative estimate of drug-likeness (QED) is 0.756. The van der Waals surface area contributed by atoms with Gasteiger partial charge in [0.25, 0.3) is 0 Å². The van der Waals surface area contributed by atoms with Crippen molar-refractivity contribution in [1.29, 1.82) is 0 Å². The Morgan fingerprint density at radius 3 is 2.61 bits per heavy atom. The molecule has 0 aliphatic rings. The first-order chi connectivity index (χ1) is 8.83. The fourth-order valence-corrected chi connectivity index (χ4v) is 2.04.